The van der Waals surface area contributed by atoms with Crippen LogP contribution in [0.4, 0.5) is 0 Å². The quantitative estimate of drug-likeness (QED) is 0.597. The molecule has 1 aromatic heterocycles. The van der Waals surface area contributed by atoms with Gasteiger partial charge in [-0.1, -0.05) is 24.5 Å². The Morgan fingerprint density at radius 3 is 2.86 bits per heavy atom. The molecule has 2 heterocycles. The average molecular weight is 300 g/mol. The Balaban J connectivity index is 2.31. The van der Waals surface area contributed by atoms with Gasteiger partial charge in [-0.25, -0.2) is 13.2 Å². The lowest BCUT2D eigenvalue weighted by Gasteiger charge is -2.09. The highest BCUT2D eigenvalue weighted by Gasteiger charge is 2.17. The van der Waals surface area contributed by atoms with Gasteiger partial charge in [0, 0.05) is 17.4 Å². The minimum Gasteiger partial charge on any atom is -0.422 e. The first-order valence-electron chi connectivity index (χ1n) is 6.41. The van der Waals surface area contributed by atoms with Crippen LogP contribution in [0.1, 0.15) is 23.1 Å². The minimum absolute atomic E-state index is 0.0461. The van der Waals surface area contributed by atoms with E-state index in [1.165, 1.54) is 6.08 Å². The van der Waals surface area contributed by atoms with Gasteiger partial charge < -0.3 is 4.42 Å². The van der Waals surface area contributed by atoms with E-state index in [4.69, 9.17) is 4.42 Å². The zero-order valence-electron chi connectivity index (χ0n) is 11.2. The van der Waals surface area contributed by atoms with Crippen molar-refractivity contribution in [3.63, 3.8) is 0 Å². The molecule has 0 amide bonds. The molecule has 106 valence electrons. The summed E-state index contributed by atoms with van der Waals surface area (Å²) in [4.78, 5) is 11.7. The summed E-state index contributed by atoms with van der Waals surface area (Å²) in [7, 11) is -3.16. The first-order chi connectivity index (χ1) is 9.98. The molecule has 0 fully saturated rings. The van der Waals surface area contributed by atoms with E-state index in [1.54, 1.807) is 18.2 Å². The van der Waals surface area contributed by atoms with Crippen LogP contribution < -0.4 is 5.63 Å². The molecule has 1 aromatic carbocycles. The summed E-state index contributed by atoms with van der Waals surface area (Å²) in [5, 5.41) is 0.667. The molecule has 0 unspecified atom stereocenters. The molecular weight excluding hydrogens is 288 g/mol. The highest BCUT2D eigenvalue weighted by molar-refractivity contribution is 7.90. The summed E-state index contributed by atoms with van der Waals surface area (Å²) in [6.07, 6.45) is 1.73. The zero-order chi connectivity index (χ0) is 15.0. The van der Waals surface area contributed by atoms with Gasteiger partial charge in [0.2, 0.25) is 0 Å². The molecule has 0 saturated carbocycles. The third-order valence-corrected chi connectivity index (χ3v) is 4.92. The van der Waals surface area contributed by atoms with Crippen molar-refractivity contribution < 1.29 is 12.8 Å². The fourth-order valence-electron chi connectivity index (χ4n) is 2.28. The lowest BCUT2D eigenvalue weighted by atomic mass is 10.0. The molecule has 4 nitrogen and oxygen atoms in total. The minimum atomic E-state index is -3.16. The van der Waals surface area contributed by atoms with Crippen LogP contribution in [0.2, 0.25) is 0 Å². The normalized spacial score (nSPS) is 16.2. The Hall–Kier alpha value is -2.32. The zero-order valence-corrected chi connectivity index (χ0v) is 12.0. The van der Waals surface area contributed by atoms with Gasteiger partial charge in [0.1, 0.15) is 5.58 Å². The van der Waals surface area contributed by atoms with Gasteiger partial charge in [0.05, 0.1) is 17.1 Å². The second-order valence-electron chi connectivity index (χ2n) is 4.88. The van der Waals surface area contributed by atoms with E-state index in [2.05, 4.69) is 18.4 Å². The summed E-state index contributed by atoms with van der Waals surface area (Å²) in [5.41, 5.74) is 1.52. The van der Waals surface area contributed by atoms with Crippen molar-refractivity contribution in [3.05, 3.63) is 51.9 Å². The van der Waals surface area contributed by atoms with Gasteiger partial charge in [0.25, 0.3) is 0 Å². The molecule has 0 N–H and O–H groups in total. The lowest BCUT2D eigenvalue weighted by Crippen LogP contribution is -2.12. The Morgan fingerprint density at radius 1 is 1.29 bits per heavy atom. The summed E-state index contributed by atoms with van der Waals surface area (Å²) in [6.45, 7) is 3.56. The van der Waals surface area contributed by atoms with Crippen molar-refractivity contribution in [1.29, 1.82) is 0 Å². The smallest absolute Gasteiger partial charge is 0.343 e. The molecule has 1 aliphatic heterocycles. The van der Waals surface area contributed by atoms with Crippen LogP contribution in [0.15, 0.2) is 34.0 Å². The fourth-order valence-corrected chi connectivity index (χ4v) is 3.55. The number of sulfone groups is 1. The first-order valence-corrected chi connectivity index (χ1v) is 8.23. The molecule has 0 saturated heterocycles. The van der Waals surface area contributed by atoms with Crippen LogP contribution in [-0.4, -0.2) is 14.2 Å². The third-order valence-electron chi connectivity index (χ3n) is 3.34. The van der Waals surface area contributed by atoms with Gasteiger partial charge in [-0.15, -0.1) is 0 Å². The third kappa shape index (κ3) is 2.63. The summed E-state index contributed by atoms with van der Waals surface area (Å²) < 4.78 is 29.1. The molecule has 5 heteroatoms. The van der Waals surface area contributed by atoms with Gasteiger partial charge in [-0.3, -0.25) is 0 Å². The van der Waals surface area contributed by atoms with E-state index in [9.17, 15) is 13.2 Å². The van der Waals surface area contributed by atoms with Crippen molar-refractivity contribution in [2.45, 2.75) is 12.2 Å². The molecule has 3 rings (SSSR count). The number of fused-ring (bicyclic) bond motifs is 2. The highest BCUT2D eigenvalue weighted by Crippen LogP contribution is 2.23. The second kappa shape index (κ2) is 4.90. The molecule has 0 spiro atoms. The van der Waals surface area contributed by atoms with Gasteiger partial charge >= 0.3 is 5.63 Å². The molecular formula is C16H12O4S. The molecule has 1 aliphatic rings. The maximum Gasteiger partial charge on any atom is 0.343 e. The predicted molar refractivity (Wildman–Crippen MR) is 81.6 cm³/mol. The fraction of sp³-hybridized carbons (Fsp3) is 0.188. The van der Waals surface area contributed by atoms with Crippen molar-refractivity contribution in [2.75, 3.05) is 5.75 Å². The molecule has 0 atom stereocenters. The maximum atomic E-state index is 11.9. The molecule has 0 radical (unpaired) electrons. The average Bonchev–Trinajstić information content (AvgIpc) is 2.41. The van der Waals surface area contributed by atoms with Crippen molar-refractivity contribution in [1.82, 2.24) is 0 Å². The topological polar surface area (TPSA) is 64.3 Å². The van der Waals surface area contributed by atoms with E-state index >= 15 is 0 Å². The SMILES string of the molecule is C=Cc1cc2cc3c(cc2oc1=O)C#CCCS(=O)(=O)C3. The maximum absolute atomic E-state index is 11.9. The molecule has 2 aromatic rings. The summed E-state index contributed by atoms with van der Waals surface area (Å²) in [5.74, 6) is 5.80. The number of benzene rings is 1. The number of hydrogen-bond donors (Lipinski definition) is 0. The monoisotopic (exact) mass is 300 g/mol. The van der Waals surface area contributed by atoms with Gasteiger partial charge in [0.15, 0.2) is 9.84 Å². The summed E-state index contributed by atoms with van der Waals surface area (Å²) >= 11 is 0. The summed E-state index contributed by atoms with van der Waals surface area (Å²) in [6, 6.07) is 5.00. The van der Waals surface area contributed by atoms with E-state index in [-0.39, 0.29) is 11.5 Å². The Labute approximate surface area is 122 Å². The van der Waals surface area contributed by atoms with Crippen molar-refractivity contribution >= 4 is 26.9 Å². The standard InChI is InChI=1S/C16H12O4S/c1-2-11-7-13-8-14-10-21(18,19)6-4-3-5-12(14)9-15(13)20-16(11)17/h2,7-9H,1,4,6,10H2. The molecule has 21 heavy (non-hydrogen) atoms. The van der Waals surface area contributed by atoms with Crippen LogP contribution >= 0.6 is 0 Å². The van der Waals surface area contributed by atoms with Crippen molar-refractivity contribution in [3.8, 4) is 11.8 Å². The van der Waals surface area contributed by atoms with E-state index < -0.39 is 15.5 Å². The Kier molecular flexibility index (Phi) is 3.19. The van der Waals surface area contributed by atoms with Gasteiger partial charge in [-0.2, -0.15) is 0 Å². The van der Waals surface area contributed by atoms with Crippen LogP contribution in [0, 0.1) is 11.8 Å². The largest absolute Gasteiger partial charge is 0.422 e. The second-order valence-corrected chi connectivity index (χ2v) is 7.07. The van der Waals surface area contributed by atoms with E-state index in [0.717, 1.165) is 0 Å². The number of rotatable bonds is 1. The highest BCUT2D eigenvalue weighted by atomic mass is 32.2. The Bertz CT molecular complexity index is 969. The predicted octanol–water partition coefficient (Wildman–Crippen LogP) is 2.11. The lowest BCUT2D eigenvalue weighted by molar-refractivity contribution is 0.559. The molecule has 0 bridgehead atoms. The van der Waals surface area contributed by atoms with E-state index in [0.29, 0.717) is 34.1 Å². The number of hydrogen-bond acceptors (Lipinski definition) is 4. The van der Waals surface area contributed by atoms with E-state index in [1.807, 2.05) is 0 Å². The van der Waals surface area contributed by atoms with Gasteiger partial charge in [-0.05, 0) is 23.8 Å². The molecule has 0 aliphatic carbocycles. The van der Waals surface area contributed by atoms with Crippen LogP contribution in [0.5, 0.6) is 0 Å². The Morgan fingerprint density at radius 2 is 2.10 bits per heavy atom. The first kappa shape index (κ1) is 13.7. The van der Waals surface area contributed by atoms with Crippen LogP contribution in [0.3, 0.4) is 0 Å². The van der Waals surface area contributed by atoms with Crippen molar-refractivity contribution in [2.24, 2.45) is 0 Å². The van der Waals surface area contributed by atoms with Crippen LogP contribution in [0.25, 0.3) is 17.0 Å². The van der Waals surface area contributed by atoms with Crippen LogP contribution in [-0.2, 0) is 15.6 Å².